The number of hydrogen-bond acceptors (Lipinski definition) is 4. The van der Waals surface area contributed by atoms with Crippen molar-refractivity contribution >= 4 is 10.2 Å². The Morgan fingerprint density at radius 1 is 1.12 bits per heavy atom. The van der Waals surface area contributed by atoms with Gasteiger partial charge in [0.25, 0.3) is 0 Å². The molecule has 0 N–H and O–H groups in total. The van der Waals surface area contributed by atoms with E-state index in [0.717, 1.165) is 14.0 Å². The van der Waals surface area contributed by atoms with E-state index >= 15 is 0 Å². The third-order valence-electron chi connectivity index (χ3n) is 2.27. The van der Waals surface area contributed by atoms with Crippen LogP contribution in [0.3, 0.4) is 0 Å². The highest BCUT2D eigenvalue weighted by Crippen LogP contribution is 2.19. The highest BCUT2D eigenvalue weighted by Gasteiger charge is 2.20. The van der Waals surface area contributed by atoms with Crippen molar-refractivity contribution in [3.8, 4) is 11.3 Å². The molecule has 0 atom stereocenters. The predicted molar refractivity (Wildman–Crippen MR) is 63.5 cm³/mol. The summed E-state index contributed by atoms with van der Waals surface area (Å²) in [5, 5.41) is 3.85. The molecule has 0 spiro atoms. The van der Waals surface area contributed by atoms with Crippen molar-refractivity contribution in [2.45, 2.75) is 0 Å². The average molecular weight is 252 g/mol. The topological polar surface area (TPSA) is 68.1 Å². The van der Waals surface area contributed by atoms with Crippen LogP contribution in [-0.4, -0.2) is 41.0 Å². The van der Waals surface area contributed by atoms with Gasteiger partial charge in [-0.2, -0.15) is 17.8 Å². The van der Waals surface area contributed by atoms with Crippen molar-refractivity contribution in [2.24, 2.45) is 0 Å². The first-order valence-corrected chi connectivity index (χ1v) is 6.30. The molecule has 0 aliphatic carbocycles. The maximum Gasteiger partial charge on any atom is 0.322 e. The highest BCUT2D eigenvalue weighted by atomic mass is 32.2. The molecule has 0 bridgehead atoms. The molecule has 2 heterocycles. The van der Waals surface area contributed by atoms with Crippen LogP contribution in [0.25, 0.3) is 11.3 Å². The lowest BCUT2D eigenvalue weighted by Gasteiger charge is -2.13. The molecule has 7 heteroatoms. The summed E-state index contributed by atoms with van der Waals surface area (Å²) >= 11 is 0. The zero-order valence-corrected chi connectivity index (χ0v) is 10.3. The fourth-order valence-corrected chi connectivity index (χ4v) is 2.26. The number of nitrogens with zero attached hydrogens (tertiary/aromatic N) is 4. The Kier molecular flexibility index (Phi) is 2.95. The van der Waals surface area contributed by atoms with Crippen molar-refractivity contribution < 1.29 is 8.42 Å². The zero-order valence-electron chi connectivity index (χ0n) is 9.48. The molecule has 0 radical (unpaired) electrons. The SMILES string of the molecule is CN(C)S(=O)(=O)n1nccc1-c1ccncc1. The molecular weight excluding hydrogens is 240 g/mol. The third kappa shape index (κ3) is 2.06. The second-order valence-electron chi connectivity index (χ2n) is 3.59. The van der Waals surface area contributed by atoms with Gasteiger partial charge in [-0.1, -0.05) is 0 Å². The molecule has 0 saturated carbocycles. The normalized spacial score (nSPS) is 11.9. The Labute approximate surface area is 99.7 Å². The van der Waals surface area contributed by atoms with Crippen LogP contribution in [-0.2, 0) is 10.2 Å². The van der Waals surface area contributed by atoms with E-state index in [1.807, 2.05) is 0 Å². The molecule has 17 heavy (non-hydrogen) atoms. The van der Waals surface area contributed by atoms with Gasteiger partial charge < -0.3 is 0 Å². The van der Waals surface area contributed by atoms with E-state index in [-0.39, 0.29) is 0 Å². The zero-order chi connectivity index (χ0) is 12.5. The molecule has 2 aromatic rings. The molecule has 0 aliphatic heterocycles. The number of pyridine rings is 1. The van der Waals surface area contributed by atoms with Crippen molar-refractivity contribution in [2.75, 3.05) is 14.1 Å². The lowest BCUT2D eigenvalue weighted by Crippen LogP contribution is -2.30. The number of rotatable bonds is 3. The maximum absolute atomic E-state index is 12.0. The molecule has 2 aromatic heterocycles. The minimum absolute atomic E-state index is 0.515. The Bertz CT molecular complexity index is 604. The molecule has 2 rings (SSSR count). The van der Waals surface area contributed by atoms with Crippen LogP contribution in [0.15, 0.2) is 36.8 Å². The van der Waals surface area contributed by atoms with E-state index in [9.17, 15) is 8.42 Å². The minimum Gasteiger partial charge on any atom is -0.265 e. The van der Waals surface area contributed by atoms with Gasteiger partial charge in [-0.25, -0.2) is 0 Å². The smallest absolute Gasteiger partial charge is 0.265 e. The van der Waals surface area contributed by atoms with Crippen LogP contribution in [0.5, 0.6) is 0 Å². The standard InChI is InChI=1S/C10H12N4O2S/c1-13(2)17(15,16)14-10(5-8-12-14)9-3-6-11-7-4-9/h3-8H,1-2H3. The molecule has 0 fully saturated rings. The molecule has 90 valence electrons. The second kappa shape index (κ2) is 4.27. The van der Waals surface area contributed by atoms with Crippen LogP contribution in [0.2, 0.25) is 0 Å². The summed E-state index contributed by atoms with van der Waals surface area (Å²) in [7, 11) is -0.663. The fraction of sp³-hybridized carbons (Fsp3) is 0.200. The van der Waals surface area contributed by atoms with E-state index in [0.29, 0.717) is 5.69 Å². The van der Waals surface area contributed by atoms with Crippen LogP contribution in [0.4, 0.5) is 0 Å². The molecule has 0 aliphatic rings. The van der Waals surface area contributed by atoms with Gasteiger partial charge in [0.15, 0.2) is 0 Å². The summed E-state index contributed by atoms with van der Waals surface area (Å²) in [5.41, 5.74) is 1.27. The van der Waals surface area contributed by atoms with Gasteiger partial charge in [-0.15, -0.1) is 4.09 Å². The van der Waals surface area contributed by atoms with Crippen molar-refractivity contribution in [1.82, 2.24) is 18.5 Å². The maximum atomic E-state index is 12.0. The Balaban J connectivity index is 2.58. The second-order valence-corrected chi connectivity index (χ2v) is 5.56. The van der Waals surface area contributed by atoms with E-state index in [2.05, 4.69) is 10.1 Å². The average Bonchev–Trinajstić information content (AvgIpc) is 2.79. The molecule has 0 saturated heterocycles. The predicted octanol–water partition coefficient (Wildman–Crippen LogP) is 0.600. The quantitative estimate of drug-likeness (QED) is 0.802. The Morgan fingerprint density at radius 2 is 1.76 bits per heavy atom. The third-order valence-corrected chi connectivity index (χ3v) is 3.92. The summed E-state index contributed by atoms with van der Waals surface area (Å²) in [5.74, 6) is 0. The lowest BCUT2D eigenvalue weighted by atomic mass is 10.2. The van der Waals surface area contributed by atoms with Crippen LogP contribution >= 0.6 is 0 Å². The minimum atomic E-state index is -3.59. The first-order valence-electron chi connectivity index (χ1n) is 4.91. The summed E-state index contributed by atoms with van der Waals surface area (Å²) in [6.45, 7) is 0. The van der Waals surface area contributed by atoms with Gasteiger partial charge in [-0.3, -0.25) is 4.98 Å². The number of hydrogen-bond donors (Lipinski definition) is 0. The first-order chi connectivity index (χ1) is 8.03. The van der Waals surface area contributed by atoms with Gasteiger partial charge in [0.2, 0.25) is 0 Å². The summed E-state index contributed by atoms with van der Waals surface area (Å²) in [4.78, 5) is 3.89. The van der Waals surface area contributed by atoms with E-state index in [4.69, 9.17) is 0 Å². The van der Waals surface area contributed by atoms with Crippen LogP contribution < -0.4 is 0 Å². The lowest BCUT2D eigenvalue weighted by molar-refractivity contribution is 0.504. The van der Waals surface area contributed by atoms with Crippen molar-refractivity contribution in [1.29, 1.82) is 0 Å². The van der Waals surface area contributed by atoms with Gasteiger partial charge in [0.05, 0.1) is 11.9 Å². The molecule has 0 amide bonds. The monoisotopic (exact) mass is 252 g/mol. The van der Waals surface area contributed by atoms with Crippen LogP contribution in [0, 0.1) is 0 Å². The summed E-state index contributed by atoms with van der Waals surface area (Å²) < 4.78 is 26.1. The molecule has 0 unspecified atom stereocenters. The van der Waals surface area contributed by atoms with Gasteiger partial charge in [0, 0.05) is 32.1 Å². The fourth-order valence-electron chi connectivity index (χ4n) is 1.36. The van der Waals surface area contributed by atoms with Crippen molar-refractivity contribution in [3.05, 3.63) is 36.8 Å². The van der Waals surface area contributed by atoms with Crippen LogP contribution in [0.1, 0.15) is 0 Å². The van der Waals surface area contributed by atoms with E-state index in [1.54, 1.807) is 30.6 Å². The highest BCUT2D eigenvalue weighted by molar-refractivity contribution is 7.87. The van der Waals surface area contributed by atoms with Crippen molar-refractivity contribution in [3.63, 3.8) is 0 Å². The van der Waals surface area contributed by atoms with Gasteiger partial charge in [0.1, 0.15) is 0 Å². The first kappa shape index (κ1) is 11.7. The number of aromatic nitrogens is 3. The summed E-state index contributed by atoms with van der Waals surface area (Å²) in [6, 6.07) is 5.12. The van der Waals surface area contributed by atoms with Gasteiger partial charge >= 0.3 is 10.2 Å². The molecule has 6 nitrogen and oxygen atoms in total. The molecule has 0 aromatic carbocycles. The largest absolute Gasteiger partial charge is 0.322 e. The van der Waals surface area contributed by atoms with Gasteiger partial charge in [-0.05, 0) is 18.2 Å². The Hall–Kier alpha value is -1.73. The Morgan fingerprint density at radius 3 is 2.35 bits per heavy atom. The molecular formula is C10H12N4O2S. The summed E-state index contributed by atoms with van der Waals surface area (Å²) in [6.07, 6.45) is 4.67. The van der Waals surface area contributed by atoms with E-state index < -0.39 is 10.2 Å². The van der Waals surface area contributed by atoms with E-state index in [1.165, 1.54) is 20.3 Å².